The van der Waals surface area contributed by atoms with Crippen LogP contribution < -0.4 is 10.2 Å². The van der Waals surface area contributed by atoms with Crippen molar-refractivity contribution in [2.45, 2.75) is 26.3 Å². The summed E-state index contributed by atoms with van der Waals surface area (Å²) in [5.41, 5.74) is 2.78. The van der Waals surface area contributed by atoms with Crippen molar-refractivity contribution >= 4 is 17.5 Å². The Labute approximate surface area is 123 Å². The van der Waals surface area contributed by atoms with Crippen molar-refractivity contribution < 1.29 is 4.79 Å². The molecule has 1 atom stereocenters. The molecule has 2 aromatic heterocycles. The molecule has 3 heterocycles. The number of nitrogens with one attached hydrogen (secondary N) is 1. The van der Waals surface area contributed by atoms with E-state index in [4.69, 9.17) is 0 Å². The van der Waals surface area contributed by atoms with E-state index in [1.54, 1.807) is 22.0 Å². The predicted molar refractivity (Wildman–Crippen MR) is 79.1 cm³/mol. The standard InChI is InChI=1S/C14H18N6O/c1-9-6-15-14(17-10(9)2)18-12-4-5-20(13(12)21)11-7-16-19(3)8-11/h6-8,12H,4-5H2,1-3H3,(H,15,17,18). The Balaban J connectivity index is 1.73. The highest BCUT2D eigenvalue weighted by Gasteiger charge is 2.33. The highest BCUT2D eigenvalue weighted by Crippen LogP contribution is 2.22. The van der Waals surface area contributed by atoms with Gasteiger partial charge in [-0.25, -0.2) is 9.97 Å². The molecule has 7 nitrogen and oxygen atoms in total. The lowest BCUT2D eigenvalue weighted by molar-refractivity contribution is -0.117. The highest BCUT2D eigenvalue weighted by molar-refractivity contribution is 6.00. The first-order valence-electron chi connectivity index (χ1n) is 6.91. The Kier molecular flexibility index (Phi) is 3.32. The normalized spacial score (nSPS) is 18.3. The van der Waals surface area contributed by atoms with Crippen LogP contribution in [-0.2, 0) is 11.8 Å². The van der Waals surface area contributed by atoms with E-state index in [1.807, 2.05) is 27.1 Å². The number of hydrogen-bond acceptors (Lipinski definition) is 5. The zero-order chi connectivity index (χ0) is 15.0. The number of carbonyl (C=O) groups excluding carboxylic acids is 1. The smallest absolute Gasteiger partial charge is 0.249 e. The van der Waals surface area contributed by atoms with Gasteiger partial charge in [-0.1, -0.05) is 0 Å². The van der Waals surface area contributed by atoms with Crippen LogP contribution in [0.2, 0.25) is 0 Å². The van der Waals surface area contributed by atoms with Crippen molar-refractivity contribution in [2.24, 2.45) is 7.05 Å². The van der Waals surface area contributed by atoms with Crippen LogP contribution in [0.25, 0.3) is 0 Å². The Hall–Kier alpha value is -2.44. The van der Waals surface area contributed by atoms with Crippen LogP contribution in [0.1, 0.15) is 17.7 Å². The number of anilines is 2. The van der Waals surface area contributed by atoms with Gasteiger partial charge in [0, 0.05) is 31.7 Å². The fourth-order valence-corrected chi connectivity index (χ4v) is 2.37. The summed E-state index contributed by atoms with van der Waals surface area (Å²) in [6.07, 6.45) is 6.03. The molecule has 1 N–H and O–H groups in total. The van der Waals surface area contributed by atoms with E-state index < -0.39 is 0 Å². The maximum absolute atomic E-state index is 12.4. The maximum atomic E-state index is 12.4. The molecule has 7 heteroatoms. The molecule has 1 aliphatic heterocycles. The lowest BCUT2D eigenvalue weighted by Gasteiger charge is -2.15. The number of nitrogens with zero attached hydrogens (tertiary/aromatic N) is 5. The molecular formula is C14H18N6O. The lowest BCUT2D eigenvalue weighted by Crippen LogP contribution is -2.33. The van der Waals surface area contributed by atoms with Gasteiger partial charge in [0.15, 0.2) is 0 Å². The fourth-order valence-electron chi connectivity index (χ4n) is 2.37. The summed E-state index contributed by atoms with van der Waals surface area (Å²) in [5.74, 6) is 0.536. The second kappa shape index (κ2) is 5.16. The Morgan fingerprint density at radius 2 is 2.14 bits per heavy atom. The van der Waals surface area contributed by atoms with Crippen LogP contribution in [0.4, 0.5) is 11.6 Å². The maximum Gasteiger partial charge on any atom is 0.249 e. The first kappa shape index (κ1) is 13.5. The van der Waals surface area contributed by atoms with Crippen molar-refractivity contribution in [3.8, 4) is 0 Å². The third-order valence-corrected chi connectivity index (χ3v) is 3.74. The van der Waals surface area contributed by atoms with Crippen molar-refractivity contribution in [3.63, 3.8) is 0 Å². The predicted octanol–water partition coefficient (Wildman–Crippen LogP) is 1.04. The SMILES string of the molecule is Cc1cnc(NC2CCN(c3cnn(C)c3)C2=O)nc1C. The number of hydrogen-bond donors (Lipinski definition) is 1. The van der Waals surface area contributed by atoms with E-state index in [0.29, 0.717) is 12.5 Å². The van der Waals surface area contributed by atoms with Gasteiger partial charge in [-0.2, -0.15) is 5.10 Å². The average molecular weight is 286 g/mol. The Morgan fingerprint density at radius 1 is 1.33 bits per heavy atom. The molecule has 3 rings (SSSR count). The summed E-state index contributed by atoms with van der Waals surface area (Å²) < 4.78 is 1.69. The minimum atomic E-state index is -0.285. The first-order chi connectivity index (χ1) is 10.0. The minimum absolute atomic E-state index is 0.0322. The zero-order valence-electron chi connectivity index (χ0n) is 12.4. The van der Waals surface area contributed by atoms with Gasteiger partial charge in [0.05, 0.1) is 11.9 Å². The molecule has 0 radical (unpaired) electrons. The Bertz CT molecular complexity index is 680. The second-order valence-electron chi connectivity index (χ2n) is 5.31. The quantitative estimate of drug-likeness (QED) is 0.912. The van der Waals surface area contributed by atoms with Gasteiger partial charge in [-0.3, -0.25) is 9.48 Å². The van der Waals surface area contributed by atoms with E-state index in [0.717, 1.165) is 23.4 Å². The van der Waals surface area contributed by atoms with E-state index in [9.17, 15) is 4.79 Å². The van der Waals surface area contributed by atoms with Gasteiger partial charge >= 0.3 is 0 Å². The van der Waals surface area contributed by atoms with Gasteiger partial charge in [-0.15, -0.1) is 0 Å². The monoisotopic (exact) mass is 286 g/mol. The molecule has 110 valence electrons. The van der Waals surface area contributed by atoms with Gasteiger partial charge < -0.3 is 10.2 Å². The molecule has 1 amide bonds. The van der Waals surface area contributed by atoms with Crippen molar-refractivity contribution in [2.75, 3.05) is 16.8 Å². The summed E-state index contributed by atoms with van der Waals surface area (Å²) in [5, 5.41) is 7.23. The molecular weight excluding hydrogens is 268 g/mol. The minimum Gasteiger partial charge on any atom is -0.342 e. The highest BCUT2D eigenvalue weighted by atomic mass is 16.2. The molecule has 21 heavy (non-hydrogen) atoms. The fraction of sp³-hybridized carbons (Fsp3) is 0.429. The summed E-state index contributed by atoms with van der Waals surface area (Å²) in [4.78, 5) is 22.8. The summed E-state index contributed by atoms with van der Waals surface area (Å²) in [6, 6.07) is -0.285. The molecule has 0 aromatic carbocycles. The second-order valence-corrected chi connectivity index (χ2v) is 5.31. The van der Waals surface area contributed by atoms with Gasteiger partial charge in [0.25, 0.3) is 0 Å². The molecule has 1 fully saturated rings. The van der Waals surface area contributed by atoms with Crippen molar-refractivity contribution in [1.82, 2.24) is 19.7 Å². The lowest BCUT2D eigenvalue weighted by atomic mass is 10.2. The van der Waals surface area contributed by atoms with E-state index in [2.05, 4.69) is 20.4 Å². The number of amides is 1. The molecule has 0 aliphatic carbocycles. The number of aryl methyl sites for hydroxylation is 3. The largest absolute Gasteiger partial charge is 0.342 e. The van der Waals surface area contributed by atoms with Crippen LogP contribution in [0.5, 0.6) is 0 Å². The molecule has 2 aromatic rings. The van der Waals surface area contributed by atoms with Crippen LogP contribution in [0.15, 0.2) is 18.6 Å². The van der Waals surface area contributed by atoms with E-state index in [1.165, 1.54) is 0 Å². The Morgan fingerprint density at radius 3 is 2.81 bits per heavy atom. The van der Waals surface area contributed by atoms with E-state index in [-0.39, 0.29) is 11.9 Å². The summed E-state index contributed by atoms with van der Waals surface area (Å²) in [7, 11) is 1.84. The molecule has 0 bridgehead atoms. The first-order valence-corrected chi connectivity index (χ1v) is 6.91. The van der Waals surface area contributed by atoms with Crippen molar-refractivity contribution in [3.05, 3.63) is 29.8 Å². The average Bonchev–Trinajstić information content (AvgIpc) is 3.01. The zero-order valence-corrected chi connectivity index (χ0v) is 12.4. The summed E-state index contributed by atoms with van der Waals surface area (Å²) in [6.45, 7) is 4.57. The number of carbonyl (C=O) groups is 1. The van der Waals surface area contributed by atoms with Crippen LogP contribution >= 0.6 is 0 Å². The van der Waals surface area contributed by atoms with Crippen LogP contribution in [0, 0.1) is 13.8 Å². The van der Waals surface area contributed by atoms with Crippen molar-refractivity contribution in [1.29, 1.82) is 0 Å². The molecule has 0 saturated carbocycles. The van der Waals surface area contributed by atoms with Crippen LogP contribution in [0.3, 0.4) is 0 Å². The topological polar surface area (TPSA) is 75.9 Å². The summed E-state index contributed by atoms with van der Waals surface area (Å²) >= 11 is 0. The molecule has 1 saturated heterocycles. The number of aromatic nitrogens is 4. The van der Waals surface area contributed by atoms with Crippen LogP contribution in [-0.4, -0.2) is 38.2 Å². The number of rotatable bonds is 3. The molecule has 1 aliphatic rings. The third kappa shape index (κ3) is 2.58. The van der Waals surface area contributed by atoms with Gasteiger partial charge in [0.1, 0.15) is 6.04 Å². The van der Waals surface area contributed by atoms with Gasteiger partial charge in [-0.05, 0) is 25.8 Å². The third-order valence-electron chi connectivity index (χ3n) is 3.74. The van der Waals surface area contributed by atoms with E-state index >= 15 is 0 Å². The molecule has 1 unspecified atom stereocenters. The molecule has 0 spiro atoms. The van der Waals surface area contributed by atoms with Gasteiger partial charge in [0.2, 0.25) is 11.9 Å².